The topological polar surface area (TPSA) is 79.6 Å². The van der Waals surface area contributed by atoms with Crippen LogP contribution in [-0.4, -0.2) is 16.3 Å². The van der Waals surface area contributed by atoms with Crippen LogP contribution in [0.25, 0.3) is 6.08 Å². The van der Waals surface area contributed by atoms with Crippen molar-refractivity contribution in [2.75, 3.05) is 5.32 Å². The predicted octanol–water partition coefficient (Wildman–Crippen LogP) is 3.89. The molecule has 0 aliphatic heterocycles. The molecule has 0 saturated carbocycles. The molecule has 0 aromatic heterocycles. The fraction of sp³-hybridized carbons (Fsp3) is 0.0588. The Morgan fingerprint density at radius 2 is 1.92 bits per heavy atom. The second-order valence-corrected chi connectivity index (χ2v) is 5.24. The average molecular weight is 340 g/mol. The Kier molecular flexibility index (Phi) is 6.16. The lowest BCUT2D eigenvalue weighted by atomic mass is 10.2. The number of hydrazone groups is 1. The minimum Gasteiger partial charge on any atom is -0.331 e. The van der Waals surface area contributed by atoms with Gasteiger partial charge in [-0.05, 0) is 49.0 Å². The van der Waals surface area contributed by atoms with Crippen LogP contribution in [0.15, 0.2) is 59.7 Å². The summed E-state index contributed by atoms with van der Waals surface area (Å²) in [5.74, 6) is 0. The molecular formula is C17H16N4O2S. The molecule has 0 amide bonds. The van der Waals surface area contributed by atoms with Gasteiger partial charge in [0.2, 0.25) is 0 Å². The Balaban J connectivity index is 1.90. The van der Waals surface area contributed by atoms with Crippen molar-refractivity contribution in [2.45, 2.75) is 6.92 Å². The van der Waals surface area contributed by atoms with Crippen molar-refractivity contribution in [3.8, 4) is 0 Å². The maximum atomic E-state index is 10.9. The molecule has 0 atom stereocenters. The molecule has 0 spiro atoms. The van der Waals surface area contributed by atoms with Crippen LogP contribution < -0.4 is 10.7 Å². The van der Waals surface area contributed by atoms with Crippen molar-refractivity contribution in [3.05, 3.63) is 75.8 Å². The molecule has 7 heteroatoms. The van der Waals surface area contributed by atoms with Crippen LogP contribution in [0.3, 0.4) is 0 Å². The number of nitrogens with zero attached hydrogens (tertiary/aromatic N) is 2. The summed E-state index contributed by atoms with van der Waals surface area (Å²) in [4.78, 5) is 10.5. The van der Waals surface area contributed by atoms with Gasteiger partial charge >= 0.3 is 0 Å². The van der Waals surface area contributed by atoms with Crippen LogP contribution in [0.2, 0.25) is 0 Å². The van der Waals surface area contributed by atoms with Crippen molar-refractivity contribution in [3.63, 3.8) is 0 Å². The molecule has 0 bridgehead atoms. The van der Waals surface area contributed by atoms with Gasteiger partial charge in [-0.2, -0.15) is 5.10 Å². The molecule has 0 unspecified atom stereocenters. The lowest BCUT2D eigenvalue weighted by Crippen LogP contribution is -2.24. The molecule has 0 fully saturated rings. The highest BCUT2D eigenvalue weighted by Crippen LogP contribution is 2.18. The predicted molar refractivity (Wildman–Crippen MR) is 101 cm³/mol. The number of hydrogen-bond acceptors (Lipinski definition) is 4. The number of nitro benzene ring substituents is 1. The summed E-state index contributed by atoms with van der Waals surface area (Å²) < 4.78 is 0. The maximum Gasteiger partial charge on any atom is 0.276 e. The molecule has 2 N–H and O–H groups in total. The third-order valence-electron chi connectivity index (χ3n) is 3.13. The van der Waals surface area contributed by atoms with E-state index in [9.17, 15) is 10.1 Å². The van der Waals surface area contributed by atoms with Crippen LogP contribution in [0, 0.1) is 17.0 Å². The molecule has 2 aromatic carbocycles. The molecule has 0 radical (unpaired) electrons. The van der Waals surface area contributed by atoms with Crippen molar-refractivity contribution < 1.29 is 4.92 Å². The quantitative estimate of drug-likeness (QED) is 0.374. The van der Waals surface area contributed by atoms with Crippen LogP contribution >= 0.6 is 12.2 Å². The Hall–Kier alpha value is -3.06. The number of benzene rings is 2. The molecule has 2 aromatic rings. The Morgan fingerprint density at radius 1 is 1.21 bits per heavy atom. The van der Waals surface area contributed by atoms with Gasteiger partial charge in [0.05, 0.1) is 10.5 Å². The Labute approximate surface area is 145 Å². The zero-order valence-corrected chi connectivity index (χ0v) is 13.8. The van der Waals surface area contributed by atoms with Crippen molar-refractivity contribution in [1.29, 1.82) is 0 Å². The first-order chi connectivity index (χ1) is 11.6. The monoisotopic (exact) mass is 340 g/mol. The number of hydrogen-bond donors (Lipinski definition) is 2. The van der Waals surface area contributed by atoms with E-state index in [0.717, 1.165) is 11.3 Å². The van der Waals surface area contributed by atoms with Gasteiger partial charge in [-0.3, -0.25) is 15.5 Å². The number of para-hydroxylation sites is 2. The van der Waals surface area contributed by atoms with E-state index in [1.807, 2.05) is 31.2 Å². The Bertz CT molecular complexity index is 803. The van der Waals surface area contributed by atoms with Gasteiger partial charge in [-0.1, -0.05) is 30.3 Å². The average Bonchev–Trinajstić information content (AvgIpc) is 2.57. The van der Waals surface area contributed by atoms with Gasteiger partial charge in [-0.25, -0.2) is 0 Å². The van der Waals surface area contributed by atoms with E-state index in [1.54, 1.807) is 30.4 Å². The second-order valence-electron chi connectivity index (χ2n) is 4.83. The van der Waals surface area contributed by atoms with Crippen molar-refractivity contribution in [1.82, 2.24) is 5.43 Å². The number of rotatable bonds is 5. The fourth-order valence-corrected chi connectivity index (χ4v) is 2.11. The zero-order chi connectivity index (χ0) is 17.4. The first-order valence-electron chi connectivity index (χ1n) is 7.13. The minimum atomic E-state index is -0.420. The smallest absolute Gasteiger partial charge is 0.276 e. The lowest BCUT2D eigenvalue weighted by molar-refractivity contribution is -0.385. The summed E-state index contributed by atoms with van der Waals surface area (Å²) in [6.07, 6.45) is 4.69. The molecule has 2 rings (SSSR count). The van der Waals surface area contributed by atoms with Gasteiger partial charge in [0.25, 0.3) is 5.69 Å². The number of anilines is 1. The molecule has 0 aliphatic carbocycles. The van der Waals surface area contributed by atoms with E-state index >= 15 is 0 Å². The van der Waals surface area contributed by atoms with Crippen LogP contribution in [-0.2, 0) is 0 Å². The molecule has 122 valence electrons. The SMILES string of the molecule is Cc1ccccc1NC(=S)N/N=C/C=C/c1ccccc1[N+](=O)[O-]. The van der Waals surface area contributed by atoms with Gasteiger partial charge in [0.15, 0.2) is 5.11 Å². The second kappa shape index (κ2) is 8.54. The van der Waals surface area contributed by atoms with Gasteiger partial charge in [0.1, 0.15) is 0 Å². The molecule has 0 heterocycles. The first kappa shape index (κ1) is 17.3. The molecular weight excluding hydrogens is 324 g/mol. The number of nitrogens with one attached hydrogen (secondary N) is 2. The van der Waals surface area contributed by atoms with Crippen molar-refractivity contribution in [2.24, 2.45) is 5.10 Å². The van der Waals surface area contributed by atoms with E-state index in [0.29, 0.717) is 10.7 Å². The van der Waals surface area contributed by atoms with Crippen LogP contribution in [0.1, 0.15) is 11.1 Å². The largest absolute Gasteiger partial charge is 0.331 e. The van der Waals surface area contributed by atoms with E-state index in [-0.39, 0.29) is 5.69 Å². The number of nitro groups is 1. The van der Waals surface area contributed by atoms with E-state index < -0.39 is 4.92 Å². The standard InChI is InChI=1S/C17H16N4O2S/c1-13-7-2-4-10-15(13)19-17(24)20-18-12-6-9-14-8-3-5-11-16(14)21(22)23/h2-12H,1H3,(H2,19,20,24)/b9-6+,18-12+. The number of thiocarbonyl (C=S) groups is 1. The number of aryl methyl sites for hydroxylation is 1. The molecule has 24 heavy (non-hydrogen) atoms. The highest BCUT2D eigenvalue weighted by molar-refractivity contribution is 7.80. The summed E-state index contributed by atoms with van der Waals surface area (Å²) in [5.41, 5.74) is 5.22. The summed E-state index contributed by atoms with van der Waals surface area (Å²) >= 11 is 5.14. The lowest BCUT2D eigenvalue weighted by Gasteiger charge is -2.08. The van der Waals surface area contributed by atoms with Gasteiger partial charge in [0, 0.05) is 18.0 Å². The summed E-state index contributed by atoms with van der Waals surface area (Å²) in [6, 6.07) is 14.2. The zero-order valence-electron chi connectivity index (χ0n) is 13.0. The fourth-order valence-electron chi connectivity index (χ4n) is 1.94. The molecule has 0 aliphatic rings. The van der Waals surface area contributed by atoms with E-state index in [4.69, 9.17) is 12.2 Å². The van der Waals surface area contributed by atoms with Gasteiger partial charge < -0.3 is 5.32 Å². The summed E-state index contributed by atoms with van der Waals surface area (Å²) in [5, 5.41) is 18.2. The summed E-state index contributed by atoms with van der Waals surface area (Å²) in [6.45, 7) is 1.98. The maximum absolute atomic E-state index is 10.9. The van der Waals surface area contributed by atoms with Crippen molar-refractivity contribution >= 4 is 41.0 Å². The number of allylic oxidation sites excluding steroid dienone is 1. The third kappa shape index (κ3) is 4.99. The third-order valence-corrected chi connectivity index (χ3v) is 3.32. The van der Waals surface area contributed by atoms with Crippen LogP contribution in [0.4, 0.5) is 11.4 Å². The van der Waals surface area contributed by atoms with Gasteiger partial charge in [-0.15, -0.1) is 0 Å². The van der Waals surface area contributed by atoms with E-state index in [2.05, 4.69) is 15.8 Å². The normalized spacial score (nSPS) is 10.9. The van der Waals surface area contributed by atoms with Crippen LogP contribution in [0.5, 0.6) is 0 Å². The first-order valence-corrected chi connectivity index (χ1v) is 7.54. The Morgan fingerprint density at radius 3 is 2.67 bits per heavy atom. The minimum absolute atomic E-state index is 0.0480. The highest BCUT2D eigenvalue weighted by atomic mass is 32.1. The van der Waals surface area contributed by atoms with E-state index in [1.165, 1.54) is 12.3 Å². The highest BCUT2D eigenvalue weighted by Gasteiger charge is 2.08. The molecule has 6 nitrogen and oxygen atoms in total. The molecule has 0 saturated heterocycles. The summed E-state index contributed by atoms with van der Waals surface area (Å²) in [7, 11) is 0.